The molecule has 0 aromatic heterocycles. The molecular formula is C18H28N2. The Labute approximate surface area is 123 Å². The van der Waals surface area contributed by atoms with Gasteiger partial charge in [-0.05, 0) is 37.2 Å². The molecule has 1 aromatic carbocycles. The van der Waals surface area contributed by atoms with Gasteiger partial charge in [-0.25, -0.2) is 0 Å². The first-order valence-electron chi connectivity index (χ1n) is 8.32. The fourth-order valence-corrected chi connectivity index (χ4v) is 3.87. The summed E-state index contributed by atoms with van der Waals surface area (Å²) in [6.45, 7) is 8.20. The maximum atomic E-state index is 3.46. The highest BCUT2D eigenvalue weighted by molar-refractivity contribution is 5.25. The van der Waals surface area contributed by atoms with Crippen LogP contribution in [-0.4, -0.2) is 37.6 Å². The molecule has 1 unspecified atom stereocenters. The number of rotatable bonds is 4. The molecule has 0 amide bonds. The smallest absolute Gasteiger partial charge is 0.0108 e. The molecule has 1 saturated heterocycles. The molecule has 1 saturated carbocycles. The highest BCUT2D eigenvalue weighted by Gasteiger charge is 2.28. The third kappa shape index (κ3) is 3.42. The molecule has 2 nitrogen and oxygen atoms in total. The van der Waals surface area contributed by atoms with Crippen LogP contribution in [0.4, 0.5) is 0 Å². The molecule has 3 rings (SSSR count). The monoisotopic (exact) mass is 272 g/mol. The summed E-state index contributed by atoms with van der Waals surface area (Å²) < 4.78 is 0. The van der Waals surface area contributed by atoms with Gasteiger partial charge in [-0.1, -0.05) is 42.7 Å². The number of hydrogen-bond acceptors (Lipinski definition) is 2. The van der Waals surface area contributed by atoms with E-state index in [-0.39, 0.29) is 0 Å². The lowest BCUT2D eigenvalue weighted by Crippen LogP contribution is -2.45. The lowest BCUT2D eigenvalue weighted by molar-refractivity contribution is 0.205. The summed E-state index contributed by atoms with van der Waals surface area (Å²) in [6.07, 6.45) is 5.75. The van der Waals surface area contributed by atoms with Crippen molar-refractivity contribution in [1.82, 2.24) is 10.2 Å². The van der Waals surface area contributed by atoms with Gasteiger partial charge in [0, 0.05) is 32.7 Å². The minimum absolute atomic E-state index is 0.746. The molecule has 1 heterocycles. The molecule has 1 aromatic rings. The average Bonchev–Trinajstić information content (AvgIpc) is 3.01. The third-order valence-electron chi connectivity index (χ3n) is 5.14. The van der Waals surface area contributed by atoms with E-state index in [1.165, 1.54) is 50.9 Å². The van der Waals surface area contributed by atoms with Crippen molar-refractivity contribution >= 4 is 0 Å². The van der Waals surface area contributed by atoms with E-state index in [2.05, 4.69) is 41.4 Å². The normalized spacial score (nSPS) is 23.1. The van der Waals surface area contributed by atoms with Crippen molar-refractivity contribution in [2.45, 2.75) is 38.5 Å². The van der Waals surface area contributed by atoms with Crippen molar-refractivity contribution in [1.29, 1.82) is 0 Å². The molecule has 1 aliphatic heterocycles. The second kappa shape index (κ2) is 6.73. The summed E-state index contributed by atoms with van der Waals surface area (Å²) in [5.41, 5.74) is 2.95. The Kier molecular flexibility index (Phi) is 4.74. The Bertz CT molecular complexity index is 400. The van der Waals surface area contributed by atoms with Crippen LogP contribution >= 0.6 is 0 Å². The van der Waals surface area contributed by atoms with E-state index in [4.69, 9.17) is 0 Å². The molecule has 2 aliphatic rings. The SMILES string of the molecule is Cc1ccc(C(CN2CCNCC2)C2CCCC2)cc1. The zero-order chi connectivity index (χ0) is 13.8. The van der Waals surface area contributed by atoms with Crippen molar-refractivity contribution in [3.05, 3.63) is 35.4 Å². The van der Waals surface area contributed by atoms with Crippen molar-refractivity contribution in [2.24, 2.45) is 5.92 Å². The van der Waals surface area contributed by atoms with E-state index in [0.717, 1.165) is 24.9 Å². The summed E-state index contributed by atoms with van der Waals surface area (Å²) in [4.78, 5) is 2.67. The molecule has 110 valence electrons. The second-order valence-corrected chi connectivity index (χ2v) is 6.61. The van der Waals surface area contributed by atoms with Crippen LogP contribution in [0.5, 0.6) is 0 Å². The molecular weight excluding hydrogens is 244 g/mol. The number of nitrogens with one attached hydrogen (secondary N) is 1. The first-order valence-corrected chi connectivity index (χ1v) is 8.32. The van der Waals surface area contributed by atoms with E-state index in [1.54, 1.807) is 5.56 Å². The molecule has 0 spiro atoms. The lowest BCUT2D eigenvalue weighted by atomic mass is 9.84. The molecule has 0 bridgehead atoms. The minimum atomic E-state index is 0.746. The topological polar surface area (TPSA) is 15.3 Å². The van der Waals surface area contributed by atoms with Gasteiger partial charge < -0.3 is 10.2 Å². The largest absolute Gasteiger partial charge is 0.314 e. The summed E-state index contributed by atoms with van der Waals surface area (Å²) in [5.74, 6) is 1.66. The lowest BCUT2D eigenvalue weighted by Gasteiger charge is -2.33. The average molecular weight is 272 g/mol. The number of aryl methyl sites for hydroxylation is 1. The summed E-state index contributed by atoms with van der Waals surface area (Å²) in [6, 6.07) is 9.32. The Morgan fingerprint density at radius 1 is 1.10 bits per heavy atom. The Morgan fingerprint density at radius 3 is 2.40 bits per heavy atom. The van der Waals surface area contributed by atoms with Gasteiger partial charge in [0.05, 0.1) is 0 Å². The fraction of sp³-hybridized carbons (Fsp3) is 0.667. The quantitative estimate of drug-likeness (QED) is 0.905. The van der Waals surface area contributed by atoms with Gasteiger partial charge in [0.2, 0.25) is 0 Å². The molecule has 1 aliphatic carbocycles. The number of benzene rings is 1. The highest BCUT2D eigenvalue weighted by Crippen LogP contribution is 2.38. The standard InChI is InChI=1S/C18H28N2/c1-15-6-8-17(9-7-15)18(16-4-2-3-5-16)14-20-12-10-19-11-13-20/h6-9,16,18-19H,2-5,10-14H2,1H3. The van der Waals surface area contributed by atoms with Crippen molar-refractivity contribution < 1.29 is 0 Å². The van der Waals surface area contributed by atoms with Crippen molar-refractivity contribution in [3.63, 3.8) is 0 Å². The maximum absolute atomic E-state index is 3.46. The summed E-state index contributed by atoms with van der Waals surface area (Å²) >= 11 is 0. The van der Waals surface area contributed by atoms with Gasteiger partial charge in [-0.15, -0.1) is 0 Å². The van der Waals surface area contributed by atoms with Crippen LogP contribution in [0.3, 0.4) is 0 Å². The zero-order valence-electron chi connectivity index (χ0n) is 12.8. The molecule has 2 fully saturated rings. The van der Waals surface area contributed by atoms with Gasteiger partial charge in [0.25, 0.3) is 0 Å². The maximum Gasteiger partial charge on any atom is 0.0108 e. The Balaban J connectivity index is 1.73. The van der Waals surface area contributed by atoms with Crippen LogP contribution in [0.2, 0.25) is 0 Å². The molecule has 2 heteroatoms. The molecule has 20 heavy (non-hydrogen) atoms. The molecule has 1 N–H and O–H groups in total. The number of hydrogen-bond donors (Lipinski definition) is 1. The summed E-state index contributed by atoms with van der Waals surface area (Å²) in [7, 11) is 0. The van der Waals surface area contributed by atoms with E-state index in [1.807, 2.05) is 0 Å². The predicted molar refractivity (Wildman–Crippen MR) is 85.2 cm³/mol. The van der Waals surface area contributed by atoms with Crippen molar-refractivity contribution in [3.8, 4) is 0 Å². The van der Waals surface area contributed by atoms with Crippen LogP contribution in [0.25, 0.3) is 0 Å². The van der Waals surface area contributed by atoms with E-state index < -0.39 is 0 Å². The van der Waals surface area contributed by atoms with Crippen LogP contribution < -0.4 is 5.32 Å². The second-order valence-electron chi connectivity index (χ2n) is 6.61. The van der Waals surface area contributed by atoms with Gasteiger partial charge in [-0.3, -0.25) is 0 Å². The fourth-order valence-electron chi connectivity index (χ4n) is 3.87. The van der Waals surface area contributed by atoms with Crippen LogP contribution in [-0.2, 0) is 0 Å². The minimum Gasteiger partial charge on any atom is -0.314 e. The van der Waals surface area contributed by atoms with Gasteiger partial charge in [-0.2, -0.15) is 0 Å². The molecule has 1 atom stereocenters. The van der Waals surface area contributed by atoms with E-state index in [9.17, 15) is 0 Å². The predicted octanol–water partition coefficient (Wildman–Crippen LogP) is 3.17. The van der Waals surface area contributed by atoms with Crippen LogP contribution in [0.15, 0.2) is 24.3 Å². The number of nitrogens with zero attached hydrogens (tertiary/aromatic N) is 1. The Hall–Kier alpha value is -0.860. The highest BCUT2D eigenvalue weighted by atomic mass is 15.2. The van der Waals surface area contributed by atoms with Gasteiger partial charge >= 0.3 is 0 Å². The van der Waals surface area contributed by atoms with Gasteiger partial charge in [0.1, 0.15) is 0 Å². The van der Waals surface area contributed by atoms with E-state index >= 15 is 0 Å². The van der Waals surface area contributed by atoms with E-state index in [0.29, 0.717) is 0 Å². The Morgan fingerprint density at radius 2 is 1.75 bits per heavy atom. The first-order chi connectivity index (χ1) is 9.83. The van der Waals surface area contributed by atoms with Gasteiger partial charge in [0.15, 0.2) is 0 Å². The van der Waals surface area contributed by atoms with Crippen LogP contribution in [0.1, 0.15) is 42.7 Å². The molecule has 0 radical (unpaired) electrons. The zero-order valence-corrected chi connectivity index (χ0v) is 12.8. The summed E-state index contributed by atoms with van der Waals surface area (Å²) in [5, 5.41) is 3.46. The number of piperazine rings is 1. The van der Waals surface area contributed by atoms with Crippen LogP contribution in [0, 0.1) is 12.8 Å². The first kappa shape index (κ1) is 14.1. The third-order valence-corrected chi connectivity index (χ3v) is 5.14. The van der Waals surface area contributed by atoms with Crippen molar-refractivity contribution in [2.75, 3.05) is 32.7 Å².